The Balaban J connectivity index is 2.07. The molecule has 0 saturated carbocycles. The largest absolute Gasteiger partial charge is 0.465 e. The predicted molar refractivity (Wildman–Crippen MR) is 153 cm³/mol. The Morgan fingerprint density at radius 2 is 1.95 bits per heavy atom. The highest BCUT2D eigenvalue weighted by atomic mass is 35.5. The minimum absolute atomic E-state index is 0.141. The second-order valence-electron chi connectivity index (χ2n) is 10.1. The van der Waals surface area contributed by atoms with E-state index >= 15 is 0 Å². The van der Waals surface area contributed by atoms with Gasteiger partial charge >= 0.3 is 11.7 Å². The quantitative estimate of drug-likeness (QED) is 0.311. The molecule has 10 nitrogen and oxygen atoms in total. The van der Waals surface area contributed by atoms with Crippen molar-refractivity contribution >= 4 is 34.7 Å². The average Bonchev–Trinajstić information content (AvgIpc) is 3.59. The van der Waals surface area contributed by atoms with Crippen LogP contribution in [-0.2, 0) is 38.3 Å². The number of aromatic amines is 1. The molecule has 0 aliphatic carbocycles. The molecule has 0 atom stereocenters. The van der Waals surface area contributed by atoms with Gasteiger partial charge in [-0.15, -0.1) is 0 Å². The summed E-state index contributed by atoms with van der Waals surface area (Å²) in [7, 11) is 4.59. The lowest BCUT2D eigenvalue weighted by Crippen LogP contribution is -2.38. The van der Waals surface area contributed by atoms with Crippen molar-refractivity contribution in [3.05, 3.63) is 66.7 Å². The van der Waals surface area contributed by atoms with Crippen molar-refractivity contribution in [3.8, 4) is 11.4 Å². The number of hydrogen-bond donors (Lipinski definition) is 1. The van der Waals surface area contributed by atoms with Crippen LogP contribution in [0, 0.1) is 5.92 Å². The van der Waals surface area contributed by atoms with Crippen LogP contribution in [0.5, 0.6) is 0 Å². The first-order valence-electron chi connectivity index (χ1n) is 13.0. The summed E-state index contributed by atoms with van der Waals surface area (Å²) < 4.78 is 11.1. The summed E-state index contributed by atoms with van der Waals surface area (Å²) >= 11 is 6.44. The zero-order chi connectivity index (χ0) is 28.6. The summed E-state index contributed by atoms with van der Waals surface area (Å²) in [4.78, 5) is 42.5. The molecule has 1 N–H and O–H groups in total. The Hall–Kier alpha value is -3.79. The SMILES string of the molecule is CC/C(Cl)=C\c1c(Cn2nc3c(c2-c2cc(C(=O)OC)cn2C)c(=O)n(C)c(=O)n3CC(C)C)c[nH]c1CC. The number of fused-ring (bicyclic) bond motifs is 1. The number of hydrogen-bond acceptors (Lipinski definition) is 5. The number of carbonyl (C=O) groups excluding carboxylic acids is 1. The van der Waals surface area contributed by atoms with E-state index in [1.807, 2.05) is 33.0 Å². The molecule has 0 aromatic carbocycles. The summed E-state index contributed by atoms with van der Waals surface area (Å²) in [5, 5.41) is 5.89. The predicted octanol–water partition coefficient (Wildman–Crippen LogP) is 4.27. The number of aromatic nitrogens is 6. The molecule has 11 heteroatoms. The maximum absolute atomic E-state index is 13.6. The van der Waals surface area contributed by atoms with Gasteiger partial charge in [0.1, 0.15) is 11.1 Å². The monoisotopic (exact) mass is 554 g/mol. The molecule has 0 amide bonds. The van der Waals surface area contributed by atoms with Crippen molar-refractivity contribution in [3.63, 3.8) is 0 Å². The van der Waals surface area contributed by atoms with Gasteiger partial charge in [0, 0.05) is 49.3 Å². The van der Waals surface area contributed by atoms with Crippen LogP contribution in [0.4, 0.5) is 0 Å². The van der Waals surface area contributed by atoms with Gasteiger partial charge in [0.2, 0.25) is 0 Å². The van der Waals surface area contributed by atoms with E-state index in [9.17, 15) is 14.4 Å². The van der Waals surface area contributed by atoms with E-state index < -0.39 is 17.2 Å². The zero-order valence-corrected chi connectivity index (χ0v) is 24.2. The van der Waals surface area contributed by atoms with Crippen LogP contribution in [0.1, 0.15) is 61.3 Å². The third-order valence-corrected chi connectivity index (χ3v) is 7.22. The minimum Gasteiger partial charge on any atom is -0.465 e. The number of methoxy groups -OCH3 is 1. The van der Waals surface area contributed by atoms with Crippen LogP contribution in [0.15, 0.2) is 33.1 Å². The molecule has 0 bridgehead atoms. The van der Waals surface area contributed by atoms with Crippen LogP contribution < -0.4 is 11.2 Å². The Morgan fingerprint density at radius 3 is 2.56 bits per heavy atom. The van der Waals surface area contributed by atoms with Gasteiger partial charge in [-0.25, -0.2) is 9.59 Å². The van der Waals surface area contributed by atoms with Gasteiger partial charge in [-0.1, -0.05) is 39.3 Å². The molecule has 4 aromatic rings. The summed E-state index contributed by atoms with van der Waals surface area (Å²) in [6, 6.07) is 1.68. The van der Waals surface area contributed by atoms with Gasteiger partial charge in [0.25, 0.3) is 5.56 Å². The van der Waals surface area contributed by atoms with Crippen LogP contribution in [-0.4, -0.2) is 41.5 Å². The fraction of sp³-hybridized carbons (Fsp3) is 0.429. The number of aryl methyl sites for hydroxylation is 2. The van der Waals surface area contributed by atoms with Crippen LogP contribution >= 0.6 is 11.6 Å². The third kappa shape index (κ3) is 5.13. The highest BCUT2D eigenvalue weighted by Gasteiger charge is 2.26. The summed E-state index contributed by atoms with van der Waals surface area (Å²) in [5.74, 6) is -0.348. The normalized spacial score (nSPS) is 12.2. The minimum atomic E-state index is -0.489. The lowest BCUT2D eigenvalue weighted by Gasteiger charge is -2.11. The molecule has 0 saturated heterocycles. The number of nitrogens with one attached hydrogen (secondary N) is 1. The van der Waals surface area contributed by atoms with E-state index in [2.05, 4.69) is 11.9 Å². The molecule has 4 aromatic heterocycles. The van der Waals surface area contributed by atoms with E-state index in [-0.39, 0.29) is 5.92 Å². The molecule has 0 aliphatic heterocycles. The number of rotatable bonds is 9. The Kier molecular flexibility index (Phi) is 8.06. The molecule has 0 radical (unpaired) electrons. The van der Waals surface area contributed by atoms with Gasteiger partial charge in [-0.2, -0.15) is 5.10 Å². The second-order valence-corrected chi connectivity index (χ2v) is 10.6. The highest BCUT2D eigenvalue weighted by molar-refractivity contribution is 6.31. The molecular formula is C28H35ClN6O4. The number of ether oxygens (including phenoxy) is 1. The van der Waals surface area contributed by atoms with Crippen LogP contribution in [0.3, 0.4) is 0 Å². The molecule has 208 valence electrons. The van der Waals surface area contributed by atoms with Crippen molar-refractivity contribution in [2.24, 2.45) is 20.0 Å². The molecule has 0 aliphatic rings. The number of nitrogens with zero attached hydrogens (tertiary/aromatic N) is 5. The molecule has 0 fully saturated rings. The molecule has 0 unspecified atom stereocenters. The summed E-state index contributed by atoms with van der Waals surface area (Å²) in [6.45, 7) is 8.76. The topological polar surface area (TPSA) is 109 Å². The highest BCUT2D eigenvalue weighted by Crippen LogP contribution is 2.30. The molecule has 39 heavy (non-hydrogen) atoms. The standard InChI is InChI=1S/C28H35ClN6O4/c1-8-19(29)11-20-18(12-30-21(20)9-2)15-35-24(22-10-17(14-32(22)5)27(37)39-7)23-25(31-35)34(13-16(3)4)28(38)33(6)26(23)36/h10-12,14,16,30H,8-9,13,15H2,1-7H3/b19-11+. The smallest absolute Gasteiger partial charge is 0.339 e. The lowest BCUT2D eigenvalue weighted by molar-refractivity contribution is 0.0600. The number of carbonyl (C=O) groups is 1. The van der Waals surface area contributed by atoms with Crippen molar-refractivity contribution < 1.29 is 9.53 Å². The molecular weight excluding hydrogens is 520 g/mol. The fourth-order valence-electron chi connectivity index (χ4n) is 4.84. The first-order chi connectivity index (χ1) is 18.5. The summed E-state index contributed by atoms with van der Waals surface area (Å²) in [6.07, 6.45) is 7.01. The number of H-pyrrole nitrogens is 1. The van der Waals surface area contributed by atoms with Crippen molar-refractivity contribution in [1.82, 2.24) is 28.5 Å². The Labute approximate surface area is 231 Å². The molecule has 4 heterocycles. The Bertz CT molecular complexity index is 1700. The van der Waals surface area contributed by atoms with E-state index in [1.54, 1.807) is 33.1 Å². The summed E-state index contributed by atoms with van der Waals surface area (Å²) in [5.41, 5.74) is 3.83. The van der Waals surface area contributed by atoms with E-state index in [0.29, 0.717) is 47.5 Å². The number of halogens is 1. The number of esters is 1. The van der Waals surface area contributed by atoms with E-state index in [0.717, 1.165) is 32.8 Å². The third-order valence-electron chi connectivity index (χ3n) is 6.85. The van der Waals surface area contributed by atoms with Crippen molar-refractivity contribution in [1.29, 1.82) is 0 Å². The van der Waals surface area contributed by atoms with E-state index in [4.69, 9.17) is 21.4 Å². The maximum atomic E-state index is 13.6. The van der Waals surface area contributed by atoms with Gasteiger partial charge in [-0.3, -0.25) is 18.6 Å². The van der Waals surface area contributed by atoms with Crippen LogP contribution in [0.25, 0.3) is 28.5 Å². The average molecular weight is 555 g/mol. The number of allylic oxidation sites excluding steroid dienone is 1. The van der Waals surface area contributed by atoms with Gasteiger partial charge in [0.05, 0.1) is 24.9 Å². The second kappa shape index (κ2) is 11.1. The van der Waals surface area contributed by atoms with Crippen LogP contribution in [0.2, 0.25) is 0 Å². The first kappa shape index (κ1) is 28.2. The van der Waals surface area contributed by atoms with Gasteiger partial charge in [-0.05, 0) is 36.5 Å². The van der Waals surface area contributed by atoms with Crippen molar-refractivity contribution in [2.75, 3.05) is 7.11 Å². The van der Waals surface area contributed by atoms with Gasteiger partial charge < -0.3 is 14.3 Å². The Morgan fingerprint density at radius 1 is 1.23 bits per heavy atom. The fourth-order valence-corrected chi connectivity index (χ4v) is 4.95. The maximum Gasteiger partial charge on any atom is 0.339 e. The molecule has 0 spiro atoms. The van der Waals surface area contributed by atoms with Gasteiger partial charge in [0.15, 0.2) is 5.65 Å². The zero-order valence-electron chi connectivity index (χ0n) is 23.5. The lowest BCUT2D eigenvalue weighted by atomic mass is 10.1. The first-order valence-corrected chi connectivity index (χ1v) is 13.4. The van der Waals surface area contributed by atoms with Crippen molar-refractivity contribution in [2.45, 2.75) is 53.6 Å². The molecule has 4 rings (SSSR count). The van der Waals surface area contributed by atoms with E-state index in [1.165, 1.54) is 14.2 Å².